The van der Waals surface area contributed by atoms with Crippen molar-refractivity contribution in [2.24, 2.45) is 5.41 Å². The molecular weight excluding hydrogens is 486 g/mol. The Morgan fingerprint density at radius 3 is 2.56 bits per heavy atom. The van der Waals surface area contributed by atoms with Gasteiger partial charge in [0.1, 0.15) is 5.52 Å². The molecule has 3 aromatic rings. The van der Waals surface area contributed by atoms with Crippen LogP contribution in [0.25, 0.3) is 11.1 Å². The molecule has 0 saturated heterocycles. The molecule has 3 amide bonds. The fourth-order valence-corrected chi connectivity index (χ4v) is 5.86. The van der Waals surface area contributed by atoms with Crippen molar-refractivity contribution in [1.29, 1.82) is 0 Å². The van der Waals surface area contributed by atoms with Crippen LogP contribution in [0.2, 0.25) is 5.02 Å². The molecule has 0 radical (unpaired) electrons. The summed E-state index contributed by atoms with van der Waals surface area (Å²) in [7, 11) is -4.25. The Bertz CT molecular complexity index is 1440. The summed E-state index contributed by atoms with van der Waals surface area (Å²) in [6.07, 6.45) is 1.96. The van der Waals surface area contributed by atoms with Crippen LogP contribution in [0.3, 0.4) is 0 Å². The highest BCUT2D eigenvalue weighted by Crippen LogP contribution is 2.73. The van der Waals surface area contributed by atoms with Crippen LogP contribution in [0.5, 0.6) is 0 Å². The molecule has 3 fully saturated rings. The van der Waals surface area contributed by atoms with Crippen molar-refractivity contribution in [1.82, 2.24) is 15.0 Å². The number of sulfonamides is 1. The molecule has 3 saturated carbocycles. The predicted molar refractivity (Wildman–Crippen MR) is 118 cm³/mol. The first kappa shape index (κ1) is 22.6. The van der Waals surface area contributed by atoms with Crippen molar-refractivity contribution in [3.63, 3.8) is 0 Å². The van der Waals surface area contributed by atoms with Crippen LogP contribution in [0.15, 0.2) is 44.3 Å². The van der Waals surface area contributed by atoms with Gasteiger partial charge in [0, 0.05) is 11.4 Å². The molecule has 6 rings (SSSR count). The fraction of sp³-hybridized carbons (Fsp3) is 0.364. The van der Waals surface area contributed by atoms with Gasteiger partial charge < -0.3 is 8.83 Å². The lowest BCUT2D eigenvalue weighted by Gasteiger charge is -2.67. The minimum Gasteiger partial charge on any atom is -0.440 e. The summed E-state index contributed by atoms with van der Waals surface area (Å²) in [5.41, 5.74) is 0.223. The molecule has 3 aliphatic rings. The zero-order chi connectivity index (χ0) is 24.3. The number of benzene rings is 1. The number of aromatic nitrogens is 1. The SMILES string of the molecule is CCCC(=O)NS(=O)(=O)c1ccc(C(=O)NC(=O)C23CC(c4nc5cc(Cl)ccc5o4)(C2)C3)o1. The number of hydrogen-bond acceptors (Lipinski definition) is 8. The number of halogens is 1. The molecule has 2 bridgehead atoms. The zero-order valence-electron chi connectivity index (χ0n) is 18.0. The van der Waals surface area contributed by atoms with Gasteiger partial charge in [-0.3, -0.25) is 19.7 Å². The third-order valence-electron chi connectivity index (χ3n) is 6.34. The first-order chi connectivity index (χ1) is 16.1. The lowest BCUT2D eigenvalue weighted by Crippen LogP contribution is -2.70. The van der Waals surface area contributed by atoms with Gasteiger partial charge in [0.25, 0.3) is 15.9 Å². The summed E-state index contributed by atoms with van der Waals surface area (Å²) in [5.74, 6) is -1.80. The molecule has 178 valence electrons. The Hall–Kier alpha value is -3.18. The van der Waals surface area contributed by atoms with Crippen molar-refractivity contribution in [3.8, 4) is 0 Å². The monoisotopic (exact) mass is 505 g/mol. The van der Waals surface area contributed by atoms with Crippen LogP contribution in [0.1, 0.15) is 55.5 Å². The van der Waals surface area contributed by atoms with Crippen molar-refractivity contribution < 1.29 is 31.6 Å². The fourth-order valence-electron chi connectivity index (χ4n) is 4.75. The Labute approximate surface area is 199 Å². The van der Waals surface area contributed by atoms with Gasteiger partial charge in [0.15, 0.2) is 11.3 Å². The minimum atomic E-state index is -4.25. The van der Waals surface area contributed by atoms with Crippen LogP contribution in [-0.2, 0) is 25.0 Å². The van der Waals surface area contributed by atoms with E-state index in [4.69, 9.17) is 20.4 Å². The van der Waals surface area contributed by atoms with E-state index in [1.165, 1.54) is 0 Å². The van der Waals surface area contributed by atoms with Gasteiger partial charge in [-0.15, -0.1) is 0 Å². The smallest absolute Gasteiger partial charge is 0.297 e. The number of fused-ring (bicyclic) bond motifs is 1. The molecule has 3 aliphatic carbocycles. The van der Waals surface area contributed by atoms with Crippen LogP contribution in [0, 0.1) is 5.41 Å². The highest BCUT2D eigenvalue weighted by atomic mass is 35.5. The van der Waals surface area contributed by atoms with Crippen molar-refractivity contribution >= 4 is 50.4 Å². The maximum Gasteiger partial charge on any atom is 0.297 e. The van der Waals surface area contributed by atoms with Gasteiger partial charge in [-0.25, -0.2) is 9.71 Å². The summed E-state index contributed by atoms with van der Waals surface area (Å²) < 4.78 is 37.2. The first-order valence-electron chi connectivity index (χ1n) is 10.6. The van der Waals surface area contributed by atoms with Crippen LogP contribution < -0.4 is 10.0 Å². The molecule has 34 heavy (non-hydrogen) atoms. The van der Waals surface area contributed by atoms with E-state index in [0.29, 0.717) is 47.7 Å². The third kappa shape index (κ3) is 3.59. The van der Waals surface area contributed by atoms with E-state index in [2.05, 4.69) is 10.3 Å². The lowest BCUT2D eigenvalue weighted by atomic mass is 9.34. The number of carbonyl (C=O) groups excluding carboxylic acids is 3. The molecule has 10 nitrogen and oxygen atoms in total. The van der Waals surface area contributed by atoms with Gasteiger partial charge in [-0.1, -0.05) is 18.5 Å². The van der Waals surface area contributed by atoms with Crippen molar-refractivity contribution in [3.05, 3.63) is 47.0 Å². The normalized spacial score (nSPS) is 23.1. The summed E-state index contributed by atoms with van der Waals surface area (Å²) >= 11 is 6.00. The molecule has 2 N–H and O–H groups in total. The van der Waals surface area contributed by atoms with E-state index in [1.807, 2.05) is 4.72 Å². The van der Waals surface area contributed by atoms with Gasteiger partial charge in [-0.05, 0) is 56.0 Å². The number of oxazole rings is 1. The molecule has 0 spiro atoms. The molecule has 2 heterocycles. The highest BCUT2D eigenvalue weighted by molar-refractivity contribution is 7.89. The van der Waals surface area contributed by atoms with Crippen molar-refractivity contribution in [2.45, 2.75) is 49.5 Å². The molecular formula is C22H20ClN3O7S. The number of imide groups is 1. The number of furan rings is 1. The van der Waals surface area contributed by atoms with E-state index in [9.17, 15) is 22.8 Å². The lowest BCUT2D eigenvalue weighted by molar-refractivity contribution is -0.179. The Balaban J connectivity index is 1.22. The van der Waals surface area contributed by atoms with E-state index in [-0.39, 0.29) is 17.6 Å². The topological polar surface area (TPSA) is 149 Å². The van der Waals surface area contributed by atoms with E-state index >= 15 is 0 Å². The predicted octanol–water partition coefficient (Wildman–Crippen LogP) is 3.06. The molecule has 1 aromatic carbocycles. The molecule has 0 aliphatic heterocycles. The molecule has 0 atom stereocenters. The minimum absolute atomic E-state index is 0.0304. The maximum absolute atomic E-state index is 12.8. The average molecular weight is 506 g/mol. The van der Waals surface area contributed by atoms with Gasteiger partial charge in [-0.2, -0.15) is 8.42 Å². The number of carbonyl (C=O) groups is 3. The van der Waals surface area contributed by atoms with Crippen LogP contribution in [0.4, 0.5) is 0 Å². The summed E-state index contributed by atoms with van der Waals surface area (Å²) in [4.78, 5) is 41.3. The number of amides is 3. The van der Waals surface area contributed by atoms with Gasteiger partial charge in [0.2, 0.25) is 22.8 Å². The van der Waals surface area contributed by atoms with E-state index in [1.54, 1.807) is 25.1 Å². The number of hydrogen-bond donors (Lipinski definition) is 2. The van der Waals surface area contributed by atoms with Crippen LogP contribution >= 0.6 is 11.6 Å². The maximum atomic E-state index is 12.8. The zero-order valence-corrected chi connectivity index (χ0v) is 19.6. The largest absolute Gasteiger partial charge is 0.440 e. The summed E-state index contributed by atoms with van der Waals surface area (Å²) in [6.45, 7) is 1.73. The number of nitrogens with zero attached hydrogens (tertiary/aromatic N) is 1. The second-order valence-electron chi connectivity index (χ2n) is 8.90. The number of rotatable bonds is 7. The van der Waals surface area contributed by atoms with Crippen molar-refractivity contribution in [2.75, 3.05) is 0 Å². The highest BCUT2D eigenvalue weighted by Gasteiger charge is 2.74. The van der Waals surface area contributed by atoms with Gasteiger partial charge >= 0.3 is 0 Å². The van der Waals surface area contributed by atoms with Gasteiger partial charge in [0.05, 0.1) is 10.8 Å². The third-order valence-corrected chi connectivity index (χ3v) is 7.82. The molecule has 12 heteroatoms. The van der Waals surface area contributed by atoms with E-state index < -0.39 is 38.3 Å². The molecule has 0 unspecified atom stereocenters. The van der Waals surface area contributed by atoms with E-state index in [0.717, 1.165) is 12.1 Å². The number of nitrogens with one attached hydrogen (secondary N) is 2. The Morgan fingerprint density at radius 2 is 1.85 bits per heavy atom. The first-order valence-corrected chi connectivity index (χ1v) is 12.5. The summed E-state index contributed by atoms with van der Waals surface area (Å²) in [6, 6.07) is 7.36. The van der Waals surface area contributed by atoms with Crippen LogP contribution in [-0.4, -0.2) is 31.1 Å². The quantitative estimate of drug-likeness (QED) is 0.465. The Morgan fingerprint density at radius 1 is 1.12 bits per heavy atom. The summed E-state index contributed by atoms with van der Waals surface area (Å²) in [5, 5.41) is 2.25. The Kier molecular flexibility index (Phi) is 5.10. The average Bonchev–Trinajstić information content (AvgIpc) is 3.33. The molecule has 2 aromatic heterocycles. The second-order valence-corrected chi connectivity index (χ2v) is 11.0. The second kappa shape index (κ2) is 7.67. The standard InChI is InChI=1S/C22H20ClN3O7S/c1-2-3-16(27)26-34(30,31)17-7-6-15(32-17)18(28)25-19(29)21-9-22(10-21,11-21)20-24-13-8-12(23)4-5-14(13)33-20/h4-8H,2-3,9-11H2,1H3,(H,26,27)(H,25,28,29).